The molecule has 0 N–H and O–H groups in total. The Morgan fingerprint density at radius 1 is 0.281 bits per heavy atom. The Labute approximate surface area is 325 Å². The molecule has 0 amide bonds. The van der Waals surface area contributed by atoms with Crippen LogP contribution in [0.2, 0.25) is 0 Å². The molecule has 0 spiro atoms. The van der Waals surface area contributed by atoms with Crippen LogP contribution in [-0.2, 0) is 0 Å². The third-order valence-corrected chi connectivity index (χ3v) is 11.1. The molecular weight excluding hydrogens is 703 g/mol. The van der Waals surface area contributed by atoms with Crippen molar-refractivity contribution in [1.82, 2.24) is 15.0 Å². The normalized spacial score (nSPS) is 11.9. The number of nitrogens with zero attached hydrogens (tertiary/aromatic N) is 3. The van der Waals surface area contributed by atoms with E-state index < -0.39 is 0 Å². The van der Waals surface area contributed by atoms with Crippen LogP contribution in [0.5, 0.6) is 0 Å². The van der Waals surface area contributed by atoms with Gasteiger partial charge in [0.05, 0.1) is 12.4 Å². The summed E-state index contributed by atoms with van der Waals surface area (Å²) in [6.45, 7) is 0. The molecule has 0 atom stereocenters. The Morgan fingerprint density at radius 3 is 1.14 bits per heavy atom. The average molecular weight is 732 g/mol. The van der Waals surface area contributed by atoms with Crippen molar-refractivity contribution in [3.8, 4) is 55.6 Å². The van der Waals surface area contributed by atoms with Crippen LogP contribution >= 0.6 is 0 Å². The Hall–Kier alpha value is -7.83. The maximum absolute atomic E-state index is 6.26. The number of rotatable bonds is 5. The molecule has 0 bridgehead atoms. The maximum Gasteiger partial charge on any atom is 0.227 e. The van der Waals surface area contributed by atoms with Gasteiger partial charge in [0.15, 0.2) is 11.2 Å². The molecule has 6 nitrogen and oxygen atoms in total. The molecule has 6 aromatic carbocycles. The molecule has 266 valence electrons. The third kappa shape index (κ3) is 5.23. The van der Waals surface area contributed by atoms with Gasteiger partial charge >= 0.3 is 0 Å². The Balaban J connectivity index is 0.881. The fourth-order valence-electron chi connectivity index (χ4n) is 8.26. The molecular formula is C51H29N3O3. The first kappa shape index (κ1) is 31.5. The van der Waals surface area contributed by atoms with E-state index in [1.165, 1.54) is 0 Å². The summed E-state index contributed by atoms with van der Waals surface area (Å²) in [5, 5.41) is 6.32. The summed E-state index contributed by atoms with van der Waals surface area (Å²) in [7, 11) is 0. The van der Waals surface area contributed by atoms with Gasteiger partial charge in [-0.15, -0.1) is 0 Å². The highest BCUT2D eigenvalue weighted by Crippen LogP contribution is 2.38. The lowest BCUT2D eigenvalue weighted by Crippen LogP contribution is -1.84. The third-order valence-electron chi connectivity index (χ3n) is 11.1. The highest BCUT2D eigenvalue weighted by atomic mass is 16.3. The Bertz CT molecular complexity index is 3550. The van der Waals surface area contributed by atoms with Crippen molar-refractivity contribution in [1.29, 1.82) is 0 Å². The second-order valence-corrected chi connectivity index (χ2v) is 14.5. The highest BCUT2D eigenvalue weighted by Gasteiger charge is 2.15. The molecule has 0 aliphatic carbocycles. The van der Waals surface area contributed by atoms with Crippen molar-refractivity contribution >= 4 is 65.9 Å². The lowest BCUT2D eigenvalue weighted by molar-refractivity contribution is 0.654. The minimum absolute atomic E-state index is 0.623. The molecule has 6 heterocycles. The van der Waals surface area contributed by atoms with Gasteiger partial charge in [-0.1, -0.05) is 72.8 Å². The summed E-state index contributed by atoms with van der Waals surface area (Å²) >= 11 is 0. The standard InChI is InChI=1S/C51H29N3O3/c1-4-30(20-32(6-1)36-10-13-46-42(23-36)40-16-18-52-28-49(40)55-46)31-5-2-7-33(21-31)38-12-15-48-44(25-38)45-26-39(27-54-51(45)57-48)35-9-3-8-34(22-35)37-11-14-47-43(24-37)41-17-19-53-29-50(41)56-47/h1-29H. The quantitative estimate of drug-likeness (QED) is 0.175. The van der Waals surface area contributed by atoms with E-state index in [0.717, 1.165) is 116 Å². The van der Waals surface area contributed by atoms with E-state index in [2.05, 4.69) is 131 Å². The van der Waals surface area contributed by atoms with E-state index in [4.69, 9.17) is 18.2 Å². The molecule has 0 aliphatic heterocycles. The number of hydrogen-bond donors (Lipinski definition) is 0. The second-order valence-electron chi connectivity index (χ2n) is 14.5. The first-order valence-electron chi connectivity index (χ1n) is 18.9. The van der Waals surface area contributed by atoms with Gasteiger partial charge in [-0.05, 0) is 123 Å². The average Bonchev–Trinajstić information content (AvgIpc) is 3.96. The van der Waals surface area contributed by atoms with Crippen molar-refractivity contribution in [2.75, 3.05) is 0 Å². The number of fused-ring (bicyclic) bond motifs is 9. The summed E-state index contributed by atoms with van der Waals surface area (Å²) < 4.78 is 18.3. The summed E-state index contributed by atoms with van der Waals surface area (Å²) in [4.78, 5) is 13.2. The van der Waals surface area contributed by atoms with Crippen LogP contribution < -0.4 is 0 Å². The van der Waals surface area contributed by atoms with Crippen LogP contribution in [0.4, 0.5) is 0 Å². The summed E-state index contributed by atoms with van der Waals surface area (Å²) in [6.07, 6.45) is 9.05. The van der Waals surface area contributed by atoms with E-state index in [9.17, 15) is 0 Å². The minimum Gasteiger partial charge on any atom is -0.454 e. The molecule has 6 aromatic heterocycles. The fourth-order valence-corrected chi connectivity index (χ4v) is 8.26. The zero-order chi connectivity index (χ0) is 37.5. The molecule has 0 unspecified atom stereocenters. The van der Waals surface area contributed by atoms with Gasteiger partial charge in [-0.25, -0.2) is 4.98 Å². The van der Waals surface area contributed by atoms with Gasteiger partial charge in [0, 0.05) is 56.5 Å². The number of aromatic nitrogens is 3. The van der Waals surface area contributed by atoms with Gasteiger partial charge in [-0.2, -0.15) is 0 Å². The predicted molar refractivity (Wildman–Crippen MR) is 229 cm³/mol. The molecule has 12 aromatic rings. The summed E-state index contributed by atoms with van der Waals surface area (Å²) in [6, 6.07) is 51.4. The summed E-state index contributed by atoms with van der Waals surface area (Å²) in [5.74, 6) is 0. The minimum atomic E-state index is 0.623. The van der Waals surface area contributed by atoms with Gasteiger partial charge in [0.1, 0.15) is 16.7 Å². The van der Waals surface area contributed by atoms with E-state index in [0.29, 0.717) is 5.71 Å². The molecule has 57 heavy (non-hydrogen) atoms. The first-order chi connectivity index (χ1) is 28.2. The van der Waals surface area contributed by atoms with Crippen LogP contribution in [-0.4, -0.2) is 15.0 Å². The van der Waals surface area contributed by atoms with Gasteiger partial charge in [0.2, 0.25) is 5.71 Å². The van der Waals surface area contributed by atoms with Crippen LogP contribution in [0.25, 0.3) is 122 Å². The van der Waals surface area contributed by atoms with Gasteiger partial charge in [-0.3, -0.25) is 9.97 Å². The van der Waals surface area contributed by atoms with Crippen molar-refractivity contribution in [2.45, 2.75) is 0 Å². The predicted octanol–water partition coefficient (Wildman–Crippen LogP) is 13.9. The Morgan fingerprint density at radius 2 is 0.667 bits per heavy atom. The second kappa shape index (κ2) is 12.3. The zero-order valence-corrected chi connectivity index (χ0v) is 30.3. The molecule has 6 heteroatoms. The molecule has 0 fully saturated rings. The number of pyridine rings is 3. The number of furan rings is 3. The maximum atomic E-state index is 6.26. The van der Waals surface area contributed by atoms with E-state index in [-0.39, 0.29) is 0 Å². The van der Waals surface area contributed by atoms with Crippen molar-refractivity contribution in [3.05, 3.63) is 177 Å². The monoisotopic (exact) mass is 731 g/mol. The van der Waals surface area contributed by atoms with Crippen LogP contribution in [0.15, 0.2) is 190 Å². The Kier molecular flexibility index (Phi) is 6.83. The molecule has 12 rings (SSSR count). The first-order valence-corrected chi connectivity index (χ1v) is 18.9. The van der Waals surface area contributed by atoms with E-state index in [1.54, 1.807) is 18.6 Å². The topological polar surface area (TPSA) is 78.1 Å². The summed E-state index contributed by atoms with van der Waals surface area (Å²) in [5.41, 5.74) is 15.9. The zero-order valence-electron chi connectivity index (χ0n) is 30.3. The number of hydrogen-bond acceptors (Lipinski definition) is 6. The SMILES string of the molecule is c1cc(-c2cccc(-c3ccc4oc5ncc(-c6cccc(-c7ccc8oc9cnccc9c8c7)c6)cc5c4c3)c2)cc(-c2ccc3oc4cnccc4c3c2)c1. The lowest BCUT2D eigenvalue weighted by atomic mass is 9.95. The molecule has 0 saturated carbocycles. The molecule has 0 aliphatic rings. The molecule has 0 saturated heterocycles. The lowest BCUT2D eigenvalue weighted by Gasteiger charge is -2.09. The van der Waals surface area contributed by atoms with Crippen LogP contribution in [0.3, 0.4) is 0 Å². The number of benzene rings is 6. The highest BCUT2D eigenvalue weighted by molar-refractivity contribution is 6.08. The fraction of sp³-hybridized carbons (Fsp3) is 0. The van der Waals surface area contributed by atoms with E-state index in [1.807, 2.05) is 36.7 Å². The van der Waals surface area contributed by atoms with Gasteiger partial charge in [0.25, 0.3) is 0 Å². The van der Waals surface area contributed by atoms with Crippen molar-refractivity contribution < 1.29 is 13.3 Å². The van der Waals surface area contributed by atoms with Crippen LogP contribution in [0, 0.1) is 0 Å². The smallest absolute Gasteiger partial charge is 0.227 e. The largest absolute Gasteiger partial charge is 0.454 e. The van der Waals surface area contributed by atoms with Crippen molar-refractivity contribution in [2.24, 2.45) is 0 Å². The van der Waals surface area contributed by atoms with Crippen molar-refractivity contribution in [3.63, 3.8) is 0 Å². The molecule has 0 radical (unpaired) electrons. The van der Waals surface area contributed by atoms with Crippen LogP contribution in [0.1, 0.15) is 0 Å². The van der Waals surface area contributed by atoms with E-state index >= 15 is 0 Å². The van der Waals surface area contributed by atoms with Gasteiger partial charge < -0.3 is 13.3 Å².